The zero-order chi connectivity index (χ0) is 19.3. The highest BCUT2D eigenvalue weighted by Gasteiger charge is 2.50. The standard InChI is InChI=1S/C21H21NO5/c1-2-12-21(13-11-18(23)27-21)20(25)22-14-7-6-10-17(22)19(24)26-15-16-8-4-3-5-9-16/h1,3-5,7-9,14,17H,6,10-13,15H2/t17-,21-/m0/s1. The van der Waals surface area contributed by atoms with E-state index in [2.05, 4.69) is 5.92 Å². The molecule has 1 saturated heterocycles. The van der Waals surface area contributed by atoms with Crippen LogP contribution in [0.2, 0.25) is 0 Å². The minimum absolute atomic E-state index is 0.0201. The van der Waals surface area contributed by atoms with Gasteiger partial charge in [0.1, 0.15) is 12.6 Å². The van der Waals surface area contributed by atoms with Crippen LogP contribution in [0.3, 0.4) is 0 Å². The molecule has 1 fully saturated rings. The first-order chi connectivity index (χ1) is 13.1. The fraction of sp³-hybridized carbons (Fsp3) is 0.381. The molecule has 2 aliphatic rings. The highest BCUT2D eigenvalue weighted by molar-refractivity contribution is 5.94. The second kappa shape index (κ2) is 8.09. The zero-order valence-electron chi connectivity index (χ0n) is 14.9. The van der Waals surface area contributed by atoms with Crippen LogP contribution in [0.4, 0.5) is 0 Å². The summed E-state index contributed by atoms with van der Waals surface area (Å²) < 4.78 is 10.7. The Hall–Kier alpha value is -3.07. The molecule has 0 unspecified atom stereocenters. The first-order valence-corrected chi connectivity index (χ1v) is 8.91. The van der Waals surface area contributed by atoms with Crippen molar-refractivity contribution in [2.24, 2.45) is 0 Å². The van der Waals surface area contributed by atoms with Gasteiger partial charge in [-0.1, -0.05) is 36.4 Å². The minimum atomic E-state index is -1.40. The Morgan fingerprint density at radius 2 is 2.11 bits per heavy atom. The van der Waals surface area contributed by atoms with Crippen molar-refractivity contribution in [1.29, 1.82) is 0 Å². The van der Waals surface area contributed by atoms with Crippen molar-refractivity contribution in [3.05, 3.63) is 48.2 Å². The zero-order valence-corrected chi connectivity index (χ0v) is 14.9. The van der Waals surface area contributed by atoms with Crippen molar-refractivity contribution in [1.82, 2.24) is 4.90 Å². The molecule has 27 heavy (non-hydrogen) atoms. The number of amides is 1. The first-order valence-electron chi connectivity index (χ1n) is 8.91. The number of ether oxygens (including phenoxy) is 2. The van der Waals surface area contributed by atoms with Crippen LogP contribution in [-0.2, 0) is 30.5 Å². The fourth-order valence-corrected chi connectivity index (χ4v) is 3.33. The van der Waals surface area contributed by atoms with Crippen molar-refractivity contribution < 1.29 is 23.9 Å². The summed E-state index contributed by atoms with van der Waals surface area (Å²) in [4.78, 5) is 38.7. The average Bonchev–Trinajstić information content (AvgIpc) is 3.08. The lowest BCUT2D eigenvalue weighted by atomic mass is 9.92. The van der Waals surface area contributed by atoms with Crippen molar-refractivity contribution in [3.63, 3.8) is 0 Å². The molecule has 0 radical (unpaired) electrons. The van der Waals surface area contributed by atoms with Crippen molar-refractivity contribution in [2.75, 3.05) is 0 Å². The first kappa shape index (κ1) is 18.7. The third kappa shape index (κ3) is 4.03. The lowest BCUT2D eigenvalue weighted by Crippen LogP contribution is -2.53. The summed E-state index contributed by atoms with van der Waals surface area (Å²) in [5.74, 6) is 1.00. The molecule has 6 nitrogen and oxygen atoms in total. The van der Waals surface area contributed by atoms with Crippen LogP contribution >= 0.6 is 0 Å². The summed E-state index contributed by atoms with van der Waals surface area (Å²) in [6, 6.07) is 8.56. The van der Waals surface area contributed by atoms with Crippen molar-refractivity contribution in [2.45, 2.75) is 50.4 Å². The number of nitrogens with zero attached hydrogens (tertiary/aromatic N) is 1. The van der Waals surface area contributed by atoms with Gasteiger partial charge in [0, 0.05) is 19.0 Å². The Kier molecular flexibility index (Phi) is 5.60. The number of carbonyl (C=O) groups is 3. The molecule has 6 heteroatoms. The Labute approximate surface area is 158 Å². The van der Waals surface area contributed by atoms with Gasteiger partial charge in [-0.3, -0.25) is 9.59 Å². The maximum atomic E-state index is 13.1. The van der Waals surface area contributed by atoms with Gasteiger partial charge in [0.15, 0.2) is 0 Å². The number of cyclic esters (lactones) is 1. The Morgan fingerprint density at radius 1 is 1.33 bits per heavy atom. The smallest absolute Gasteiger partial charge is 0.329 e. The second-order valence-corrected chi connectivity index (χ2v) is 6.63. The predicted octanol–water partition coefficient (Wildman–Crippen LogP) is 2.33. The van der Waals surface area contributed by atoms with Crippen molar-refractivity contribution >= 4 is 17.8 Å². The van der Waals surface area contributed by atoms with E-state index in [4.69, 9.17) is 15.9 Å². The van der Waals surface area contributed by atoms with E-state index in [9.17, 15) is 14.4 Å². The van der Waals surface area contributed by atoms with Crippen molar-refractivity contribution in [3.8, 4) is 12.3 Å². The van der Waals surface area contributed by atoms with Gasteiger partial charge < -0.3 is 14.4 Å². The number of terminal acetylenes is 1. The van der Waals surface area contributed by atoms with E-state index in [-0.39, 0.29) is 25.9 Å². The molecule has 0 saturated carbocycles. The summed E-state index contributed by atoms with van der Waals surface area (Å²) in [5, 5.41) is 0. The number of allylic oxidation sites excluding steroid dienone is 1. The van der Waals surface area contributed by atoms with Gasteiger partial charge in [-0.25, -0.2) is 4.79 Å². The maximum absolute atomic E-state index is 13.1. The largest absolute Gasteiger partial charge is 0.459 e. The molecule has 1 aromatic rings. The second-order valence-electron chi connectivity index (χ2n) is 6.63. The highest BCUT2D eigenvalue weighted by Crippen LogP contribution is 2.34. The number of carbonyl (C=O) groups excluding carboxylic acids is 3. The average molecular weight is 367 g/mol. The minimum Gasteiger partial charge on any atom is -0.459 e. The maximum Gasteiger partial charge on any atom is 0.329 e. The quantitative estimate of drug-likeness (QED) is 0.590. The van der Waals surface area contributed by atoms with Gasteiger partial charge in [-0.15, -0.1) is 12.3 Å². The highest BCUT2D eigenvalue weighted by atomic mass is 16.6. The molecule has 0 N–H and O–H groups in total. The number of esters is 2. The van der Waals surface area contributed by atoms with E-state index in [0.29, 0.717) is 12.8 Å². The molecule has 0 spiro atoms. The number of benzene rings is 1. The third-order valence-electron chi connectivity index (χ3n) is 4.76. The summed E-state index contributed by atoms with van der Waals surface area (Å²) >= 11 is 0. The van der Waals surface area contributed by atoms with Crippen LogP contribution < -0.4 is 0 Å². The van der Waals surface area contributed by atoms with Crippen LogP contribution in [0.1, 0.15) is 37.7 Å². The summed E-state index contributed by atoms with van der Waals surface area (Å²) in [6.45, 7) is 0.131. The molecule has 0 aromatic heterocycles. The third-order valence-corrected chi connectivity index (χ3v) is 4.76. The Balaban J connectivity index is 1.74. The summed E-state index contributed by atoms with van der Waals surface area (Å²) in [5.41, 5.74) is -0.533. The Morgan fingerprint density at radius 3 is 2.78 bits per heavy atom. The molecule has 140 valence electrons. The Bertz CT molecular complexity index is 795. The van der Waals surface area contributed by atoms with Gasteiger partial charge in [0.2, 0.25) is 5.60 Å². The molecule has 0 bridgehead atoms. The van der Waals surface area contributed by atoms with Gasteiger partial charge in [0.05, 0.1) is 6.42 Å². The SMILES string of the molecule is C#CC[C@@]1(C(=O)N2C=CCC[C@H]2C(=O)OCc2ccccc2)CCC(=O)O1. The summed E-state index contributed by atoms with van der Waals surface area (Å²) in [7, 11) is 0. The van der Waals surface area contributed by atoms with Crippen LogP contribution in [-0.4, -0.2) is 34.4 Å². The molecule has 3 rings (SSSR count). The van der Waals surface area contributed by atoms with Crippen LogP contribution in [0.5, 0.6) is 0 Å². The van der Waals surface area contributed by atoms with Gasteiger partial charge in [-0.2, -0.15) is 0 Å². The van der Waals surface area contributed by atoms with Crippen LogP contribution in [0.15, 0.2) is 42.6 Å². The normalized spacial score (nSPS) is 24.2. The van der Waals surface area contributed by atoms with Gasteiger partial charge in [0.25, 0.3) is 5.91 Å². The number of hydrogen-bond acceptors (Lipinski definition) is 5. The fourth-order valence-electron chi connectivity index (χ4n) is 3.33. The molecular weight excluding hydrogens is 346 g/mol. The molecule has 1 amide bonds. The molecule has 0 aliphatic carbocycles. The lowest BCUT2D eigenvalue weighted by Gasteiger charge is -2.35. The summed E-state index contributed by atoms with van der Waals surface area (Å²) in [6.07, 6.45) is 10.2. The van der Waals surface area contributed by atoms with E-state index >= 15 is 0 Å². The molecular formula is C21H21NO5. The monoisotopic (exact) mass is 367 g/mol. The molecule has 1 aromatic carbocycles. The van der Waals surface area contributed by atoms with Crippen LogP contribution in [0, 0.1) is 12.3 Å². The molecule has 2 heterocycles. The van der Waals surface area contributed by atoms with E-state index in [1.807, 2.05) is 30.3 Å². The number of rotatable bonds is 5. The predicted molar refractivity (Wildman–Crippen MR) is 96.8 cm³/mol. The van der Waals surface area contributed by atoms with E-state index in [1.165, 1.54) is 4.90 Å². The van der Waals surface area contributed by atoms with Crippen LogP contribution in [0.25, 0.3) is 0 Å². The number of hydrogen-bond donors (Lipinski definition) is 0. The van der Waals surface area contributed by atoms with E-state index < -0.39 is 29.5 Å². The van der Waals surface area contributed by atoms with Gasteiger partial charge in [-0.05, 0) is 18.4 Å². The lowest BCUT2D eigenvalue weighted by molar-refractivity contribution is -0.168. The molecule has 2 atom stereocenters. The van der Waals surface area contributed by atoms with E-state index in [0.717, 1.165) is 5.56 Å². The van der Waals surface area contributed by atoms with Gasteiger partial charge >= 0.3 is 11.9 Å². The topological polar surface area (TPSA) is 72.9 Å². The molecule has 2 aliphatic heterocycles. The van der Waals surface area contributed by atoms with E-state index in [1.54, 1.807) is 12.3 Å².